The third-order valence-electron chi connectivity index (χ3n) is 1.57. The molecule has 15 heavy (non-hydrogen) atoms. The molecule has 2 N–H and O–H groups in total. The number of ether oxygens (including phenoxy) is 2. The zero-order valence-electron chi connectivity index (χ0n) is 8.34. The number of hydrogen-bond donors (Lipinski definition) is 1. The van der Waals surface area contributed by atoms with E-state index in [9.17, 15) is 18.0 Å². The van der Waals surface area contributed by atoms with Crippen molar-refractivity contribution in [3.05, 3.63) is 0 Å². The van der Waals surface area contributed by atoms with Crippen molar-refractivity contribution in [2.45, 2.75) is 25.1 Å². The highest BCUT2D eigenvalue weighted by Gasteiger charge is 2.27. The van der Waals surface area contributed by atoms with E-state index in [0.717, 1.165) is 0 Å². The number of halogens is 3. The predicted octanol–water partition coefficient (Wildman–Crippen LogP) is 0.846. The first kappa shape index (κ1) is 14.2. The molecule has 0 aromatic carbocycles. The lowest BCUT2D eigenvalue weighted by Gasteiger charge is -2.10. The summed E-state index contributed by atoms with van der Waals surface area (Å²) in [5.41, 5.74) is 5.34. The maximum Gasteiger partial charge on any atom is 0.411 e. The molecule has 0 saturated carbocycles. The van der Waals surface area contributed by atoms with Crippen LogP contribution in [0.3, 0.4) is 0 Å². The summed E-state index contributed by atoms with van der Waals surface area (Å²) in [6, 6.07) is -0.801. The van der Waals surface area contributed by atoms with E-state index in [1.165, 1.54) is 7.11 Å². The first-order valence-corrected chi connectivity index (χ1v) is 4.34. The monoisotopic (exact) mass is 229 g/mol. The molecule has 0 saturated heterocycles. The Hall–Kier alpha value is -0.820. The van der Waals surface area contributed by atoms with E-state index >= 15 is 0 Å². The number of rotatable bonds is 6. The molecule has 0 bridgehead atoms. The number of esters is 1. The van der Waals surface area contributed by atoms with Crippen molar-refractivity contribution in [3.8, 4) is 0 Å². The lowest BCUT2D eigenvalue weighted by Crippen LogP contribution is -2.31. The smallest absolute Gasteiger partial charge is 0.411 e. The Morgan fingerprint density at radius 2 is 2.07 bits per heavy atom. The standard InChI is InChI=1S/C8H14F3NO3/c1-14-7(13)6(12)3-2-4-15-5-8(9,10)11/h6H,2-5,12H2,1H3. The number of alkyl halides is 3. The number of carbonyl (C=O) groups excluding carboxylic acids is 1. The van der Waals surface area contributed by atoms with Crippen molar-refractivity contribution < 1.29 is 27.4 Å². The molecule has 0 heterocycles. The summed E-state index contributed by atoms with van der Waals surface area (Å²) in [6.07, 6.45) is -3.79. The highest BCUT2D eigenvalue weighted by atomic mass is 19.4. The molecule has 1 unspecified atom stereocenters. The van der Waals surface area contributed by atoms with Gasteiger partial charge in [-0.2, -0.15) is 13.2 Å². The highest BCUT2D eigenvalue weighted by molar-refractivity contribution is 5.75. The van der Waals surface area contributed by atoms with Crippen LogP contribution in [0.1, 0.15) is 12.8 Å². The summed E-state index contributed by atoms with van der Waals surface area (Å²) in [4.78, 5) is 10.8. The fraction of sp³-hybridized carbons (Fsp3) is 0.875. The summed E-state index contributed by atoms with van der Waals surface area (Å²) in [7, 11) is 1.20. The number of hydrogen-bond acceptors (Lipinski definition) is 4. The Balaban J connectivity index is 3.43. The van der Waals surface area contributed by atoms with Gasteiger partial charge >= 0.3 is 12.1 Å². The molecule has 90 valence electrons. The molecule has 0 aromatic rings. The van der Waals surface area contributed by atoms with Gasteiger partial charge in [0, 0.05) is 6.61 Å². The van der Waals surface area contributed by atoms with Crippen molar-refractivity contribution in [1.82, 2.24) is 0 Å². The largest absolute Gasteiger partial charge is 0.468 e. The summed E-state index contributed by atoms with van der Waals surface area (Å²) >= 11 is 0. The lowest BCUT2D eigenvalue weighted by atomic mass is 10.2. The van der Waals surface area contributed by atoms with E-state index in [-0.39, 0.29) is 19.4 Å². The summed E-state index contributed by atoms with van der Waals surface area (Å²) in [6.45, 7) is -1.36. The van der Waals surface area contributed by atoms with E-state index < -0.39 is 24.8 Å². The molecule has 0 radical (unpaired) electrons. The molecule has 0 aliphatic carbocycles. The van der Waals surface area contributed by atoms with Gasteiger partial charge in [-0.1, -0.05) is 0 Å². The maximum absolute atomic E-state index is 11.6. The minimum Gasteiger partial charge on any atom is -0.468 e. The molecule has 0 spiro atoms. The number of methoxy groups -OCH3 is 1. The minimum atomic E-state index is -4.32. The first-order valence-electron chi connectivity index (χ1n) is 4.34. The van der Waals surface area contributed by atoms with E-state index in [2.05, 4.69) is 9.47 Å². The Morgan fingerprint density at radius 3 is 2.53 bits per heavy atom. The van der Waals surface area contributed by atoms with Gasteiger partial charge in [0.15, 0.2) is 0 Å². The van der Waals surface area contributed by atoms with E-state index in [0.29, 0.717) is 0 Å². The van der Waals surface area contributed by atoms with Crippen LogP contribution in [0.5, 0.6) is 0 Å². The average Bonchev–Trinajstić information content (AvgIpc) is 2.14. The van der Waals surface area contributed by atoms with Gasteiger partial charge in [-0.15, -0.1) is 0 Å². The minimum absolute atomic E-state index is 0.0792. The summed E-state index contributed by atoms with van der Waals surface area (Å²) in [5, 5.41) is 0. The normalized spacial score (nSPS) is 13.7. The Bertz CT molecular complexity index is 196. The second-order valence-corrected chi connectivity index (χ2v) is 2.94. The van der Waals surface area contributed by atoms with Gasteiger partial charge in [0.2, 0.25) is 0 Å². The molecule has 0 amide bonds. The zero-order valence-corrected chi connectivity index (χ0v) is 8.34. The van der Waals surface area contributed by atoms with Crippen LogP contribution in [-0.2, 0) is 14.3 Å². The predicted molar refractivity (Wildman–Crippen MR) is 46.1 cm³/mol. The summed E-state index contributed by atoms with van der Waals surface area (Å²) in [5.74, 6) is -0.578. The van der Waals surface area contributed by atoms with Crippen molar-refractivity contribution in [1.29, 1.82) is 0 Å². The third-order valence-corrected chi connectivity index (χ3v) is 1.57. The molecule has 0 aliphatic rings. The summed E-state index contributed by atoms with van der Waals surface area (Å²) < 4.78 is 43.5. The van der Waals surface area contributed by atoms with Crippen LogP contribution in [-0.4, -0.2) is 38.5 Å². The van der Waals surface area contributed by atoms with Crippen LogP contribution < -0.4 is 5.73 Å². The molecule has 0 aromatic heterocycles. The van der Waals surface area contributed by atoms with Gasteiger partial charge in [0.25, 0.3) is 0 Å². The van der Waals surface area contributed by atoms with Crippen LogP contribution in [0.15, 0.2) is 0 Å². The second kappa shape index (κ2) is 6.62. The fourth-order valence-corrected chi connectivity index (χ4v) is 0.862. The van der Waals surface area contributed by atoms with Crippen LogP contribution in [0.4, 0.5) is 13.2 Å². The molecule has 0 aliphatic heterocycles. The Labute approximate surface area is 85.5 Å². The van der Waals surface area contributed by atoms with Gasteiger partial charge in [-0.3, -0.25) is 4.79 Å². The molecule has 0 fully saturated rings. The van der Waals surface area contributed by atoms with Gasteiger partial charge in [0.1, 0.15) is 12.6 Å². The first-order chi connectivity index (χ1) is 6.87. The van der Waals surface area contributed by atoms with Crippen LogP contribution in [0.25, 0.3) is 0 Å². The second-order valence-electron chi connectivity index (χ2n) is 2.94. The van der Waals surface area contributed by atoms with E-state index in [1.807, 2.05) is 0 Å². The van der Waals surface area contributed by atoms with Crippen molar-refractivity contribution >= 4 is 5.97 Å². The molecule has 0 rings (SSSR count). The maximum atomic E-state index is 11.6. The third kappa shape index (κ3) is 8.19. The Morgan fingerprint density at radius 1 is 1.47 bits per heavy atom. The zero-order chi connectivity index (χ0) is 11.9. The van der Waals surface area contributed by atoms with Gasteiger partial charge in [0.05, 0.1) is 7.11 Å². The van der Waals surface area contributed by atoms with Crippen molar-refractivity contribution in [2.75, 3.05) is 20.3 Å². The molecule has 4 nitrogen and oxygen atoms in total. The van der Waals surface area contributed by atoms with Crippen molar-refractivity contribution in [2.24, 2.45) is 5.73 Å². The average molecular weight is 229 g/mol. The molecule has 1 atom stereocenters. The van der Waals surface area contributed by atoms with Gasteiger partial charge in [-0.25, -0.2) is 0 Å². The van der Waals surface area contributed by atoms with Crippen LogP contribution in [0, 0.1) is 0 Å². The molecular weight excluding hydrogens is 215 g/mol. The van der Waals surface area contributed by atoms with Crippen molar-refractivity contribution in [3.63, 3.8) is 0 Å². The highest BCUT2D eigenvalue weighted by Crippen LogP contribution is 2.14. The fourth-order valence-electron chi connectivity index (χ4n) is 0.862. The number of carbonyl (C=O) groups is 1. The Kier molecular flexibility index (Phi) is 6.26. The van der Waals surface area contributed by atoms with E-state index in [4.69, 9.17) is 5.73 Å². The quantitative estimate of drug-likeness (QED) is 0.541. The lowest BCUT2D eigenvalue weighted by molar-refractivity contribution is -0.174. The van der Waals surface area contributed by atoms with Crippen LogP contribution in [0.2, 0.25) is 0 Å². The van der Waals surface area contributed by atoms with E-state index in [1.54, 1.807) is 0 Å². The SMILES string of the molecule is COC(=O)C(N)CCCOCC(F)(F)F. The van der Waals surface area contributed by atoms with Gasteiger partial charge in [-0.05, 0) is 12.8 Å². The molecule has 7 heteroatoms. The van der Waals surface area contributed by atoms with Crippen LogP contribution >= 0.6 is 0 Å². The topological polar surface area (TPSA) is 61.5 Å². The van der Waals surface area contributed by atoms with Gasteiger partial charge < -0.3 is 15.2 Å². The molecular formula is C8H14F3NO3. The number of nitrogens with two attached hydrogens (primary N) is 1.